The van der Waals surface area contributed by atoms with E-state index in [1.807, 2.05) is 12.4 Å². The van der Waals surface area contributed by atoms with E-state index in [1.54, 1.807) is 0 Å². The first kappa shape index (κ1) is 20.4. The molecule has 25 heavy (non-hydrogen) atoms. The van der Waals surface area contributed by atoms with Crippen molar-refractivity contribution in [3.05, 3.63) is 30.1 Å². The van der Waals surface area contributed by atoms with Gasteiger partial charge in [-0.2, -0.15) is 0 Å². The van der Waals surface area contributed by atoms with E-state index in [4.69, 9.17) is 9.47 Å². The minimum atomic E-state index is 0.0901. The number of aromatic nitrogens is 1. The molecule has 0 spiro atoms. The second-order valence-electron chi connectivity index (χ2n) is 7.31. The maximum atomic E-state index is 5.77. The largest absolute Gasteiger partial charge is 0.353 e. The molecule has 3 heteroatoms. The van der Waals surface area contributed by atoms with E-state index in [0.29, 0.717) is 0 Å². The molecule has 0 N–H and O–H groups in total. The fraction of sp³-hybridized carbons (Fsp3) is 0.773. The molecule has 0 bridgehead atoms. The fourth-order valence-corrected chi connectivity index (χ4v) is 3.45. The summed E-state index contributed by atoms with van der Waals surface area (Å²) in [6.45, 7) is 1.76. The molecule has 2 heterocycles. The van der Waals surface area contributed by atoms with Crippen molar-refractivity contribution >= 4 is 0 Å². The number of hydrogen-bond donors (Lipinski definition) is 0. The molecule has 0 radical (unpaired) electrons. The predicted molar refractivity (Wildman–Crippen MR) is 104 cm³/mol. The Hall–Kier alpha value is -0.930. The number of rotatable bonds is 14. The van der Waals surface area contributed by atoms with Gasteiger partial charge in [-0.3, -0.25) is 4.98 Å². The van der Waals surface area contributed by atoms with E-state index in [1.165, 1.54) is 89.0 Å². The summed E-state index contributed by atoms with van der Waals surface area (Å²) in [5, 5.41) is 0. The van der Waals surface area contributed by atoms with Crippen LogP contribution in [-0.4, -0.2) is 24.5 Å². The predicted octanol–water partition coefficient (Wildman–Crippen LogP) is 6.07. The SMILES string of the molecule is c1cc(CCCCCCCCCCCCOC2CCCCO2)ccn1. The molecule has 1 aliphatic heterocycles. The zero-order valence-corrected chi connectivity index (χ0v) is 16.0. The molecular weight excluding hydrogens is 310 g/mol. The molecule has 0 aromatic carbocycles. The van der Waals surface area contributed by atoms with E-state index in [9.17, 15) is 0 Å². The Labute approximate surface area is 154 Å². The summed E-state index contributed by atoms with van der Waals surface area (Å²) in [5.74, 6) is 0. The monoisotopic (exact) mass is 347 g/mol. The van der Waals surface area contributed by atoms with Crippen LogP contribution >= 0.6 is 0 Å². The normalized spacial score (nSPS) is 17.7. The van der Waals surface area contributed by atoms with Crippen molar-refractivity contribution in [3.63, 3.8) is 0 Å². The molecule has 142 valence electrons. The van der Waals surface area contributed by atoms with Crippen LogP contribution in [0.1, 0.15) is 89.0 Å². The van der Waals surface area contributed by atoms with Crippen molar-refractivity contribution < 1.29 is 9.47 Å². The van der Waals surface area contributed by atoms with Gasteiger partial charge in [-0.25, -0.2) is 0 Å². The highest BCUT2D eigenvalue weighted by Gasteiger charge is 2.13. The van der Waals surface area contributed by atoms with Gasteiger partial charge in [-0.1, -0.05) is 51.4 Å². The molecule has 1 fully saturated rings. The highest BCUT2D eigenvalue weighted by atomic mass is 16.7. The molecule has 1 aromatic rings. The average molecular weight is 348 g/mol. The van der Waals surface area contributed by atoms with Crippen molar-refractivity contribution in [3.8, 4) is 0 Å². The quantitative estimate of drug-likeness (QED) is 0.383. The van der Waals surface area contributed by atoms with Crippen LogP contribution in [0.15, 0.2) is 24.5 Å². The Morgan fingerprint density at radius 3 is 2.12 bits per heavy atom. The van der Waals surface area contributed by atoms with Crippen molar-refractivity contribution in [1.29, 1.82) is 0 Å². The minimum Gasteiger partial charge on any atom is -0.353 e. The summed E-state index contributed by atoms with van der Waals surface area (Å²) in [6, 6.07) is 4.26. The topological polar surface area (TPSA) is 31.4 Å². The van der Waals surface area contributed by atoms with Crippen LogP contribution in [0.2, 0.25) is 0 Å². The van der Waals surface area contributed by atoms with Gasteiger partial charge in [0.1, 0.15) is 0 Å². The van der Waals surface area contributed by atoms with E-state index < -0.39 is 0 Å². The third kappa shape index (κ3) is 10.6. The summed E-state index contributed by atoms with van der Waals surface area (Å²) in [5.41, 5.74) is 1.43. The molecule has 1 atom stereocenters. The van der Waals surface area contributed by atoms with Gasteiger partial charge in [-0.05, 0) is 56.2 Å². The van der Waals surface area contributed by atoms with Crippen LogP contribution in [0.25, 0.3) is 0 Å². The van der Waals surface area contributed by atoms with E-state index in [-0.39, 0.29) is 6.29 Å². The molecule has 1 saturated heterocycles. The molecule has 1 unspecified atom stereocenters. The van der Waals surface area contributed by atoms with Gasteiger partial charge in [0.05, 0.1) is 0 Å². The lowest BCUT2D eigenvalue weighted by Gasteiger charge is -2.22. The summed E-state index contributed by atoms with van der Waals surface area (Å²) in [7, 11) is 0. The van der Waals surface area contributed by atoms with Crippen LogP contribution in [0.5, 0.6) is 0 Å². The smallest absolute Gasteiger partial charge is 0.157 e. The Bertz CT molecular complexity index is 404. The Morgan fingerprint density at radius 2 is 1.48 bits per heavy atom. The van der Waals surface area contributed by atoms with Gasteiger partial charge < -0.3 is 9.47 Å². The highest BCUT2D eigenvalue weighted by Crippen LogP contribution is 2.15. The second-order valence-corrected chi connectivity index (χ2v) is 7.31. The summed E-state index contributed by atoms with van der Waals surface area (Å²) < 4.78 is 11.3. The number of hydrogen-bond acceptors (Lipinski definition) is 3. The number of nitrogens with zero attached hydrogens (tertiary/aromatic N) is 1. The van der Waals surface area contributed by atoms with Crippen molar-refractivity contribution in [2.75, 3.05) is 13.2 Å². The molecule has 0 saturated carbocycles. The van der Waals surface area contributed by atoms with Crippen LogP contribution < -0.4 is 0 Å². The molecule has 2 rings (SSSR count). The summed E-state index contributed by atoms with van der Waals surface area (Å²) in [4.78, 5) is 4.06. The number of aryl methyl sites for hydroxylation is 1. The minimum absolute atomic E-state index is 0.0901. The van der Waals surface area contributed by atoms with Gasteiger partial charge in [0.15, 0.2) is 6.29 Å². The maximum Gasteiger partial charge on any atom is 0.157 e. The van der Waals surface area contributed by atoms with Gasteiger partial charge in [0.25, 0.3) is 0 Å². The Balaban J connectivity index is 1.27. The lowest BCUT2D eigenvalue weighted by molar-refractivity contribution is -0.162. The molecule has 1 aliphatic rings. The maximum absolute atomic E-state index is 5.77. The Morgan fingerprint density at radius 1 is 0.840 bits per heavy atom. The fourth-order valence-electron chi connectivity index (χ4n) is 3.45. The van der Waals surface area contributed by atoms with E-state index in [0.717, 1.165) is 19.6 Å². The first-order chi connectivity index (χ1) is 12.4. The van der Waals surface area contributed by atoms with Gasteiger partial charge in [0.2, 0.25) is 0 Å². The summed E-state index contributed by atoms with van der Waals surface area (Å²) in [6.07, 6.45) is 22.1. The molecule has 0 aliphatic carbocycles. The highest BCUT2D eigenvalue weighted by molar-refractivity contribution is 5.09. The van der Waals surface area contributed by atoms with Gasteiger partial charge in [0, 0.05) is 25.6 Å². The molecule has 0 amide bonds. The lowest BCUT2D eigenvalue weighted by Crippen LogP contribution is -2.22. The van der Waals surface area contributed by atoms with Crippen molar-refractivity contribution in [2.45, 2.75) is 96.2 Å². The van der Waals surface area contributed by atoms with Crippen LogP contribution in [0.4, 0.5) is 0 Å². The number of pyridine rings is 1. The number of unbranched alkanes of at least 4 members (excludes halogenated alkanes) is 9. The average Bonchev–Trinajstić information content (AvgIpc) is 2.67. The summed E-state index contributed by atoms with van der Waals surface area (Å²) >= 11 is 0. The standard InChI is InChI=1S/C22H37NO2/c1(3-5-7-9-13-21-15-17-23-18-16-21)2-4-6-8-11-19-24-22-14-10-12-20-25-22/h15-18,22H,1-14,19-20H2. The van der Waals surface area contributed by atoms with Crippen LogP contribution in [0.3, 0.4) is 0 Å². The van der Waals surface area contributed by atoms with E-state index >= 15 is 0 Å². The van der Waals surface area contributed by atoms with Crippen molar-refractivity contribution in [1.82, 2.24) is 4.98 Å². The van der Waals surface area contributed by atoms with E-state index in [2.05, 4.69) is 17.1 Å². The zero-order chi connectivity index (χ0) is 17.4. The first-order valence-electron chi connectivity index (χ1n) is 10.6. The Kier molecular flexibility index (Phi) is 11.6. The third-order valence-corrected chi connectivity index (χ3v) is 5.05. The number of ether oxygens (including phenoxy) is 2. The second kappa shape index (κ2) is 14.3. The zero-order valence-electron chi connectivity index (χ0n) is 16.0. The van der Waals surface area contributed by atoms with Crippen LogP contribution in [-0.2, 0) is 15.9 Å². The lowest BCUT2D eigenvalue weighted by atomic mass is 10.0. The first-order valence-corrected chi connectivity index (χ1v) is 10.6. The molecule has 3 nitrogen and oxygen atoms in total. The van der Waals surface area contributed by atoms with Gasteiger partial charge >= 0.3 is 0 Å². The third-order valence-electron chi connectivity index (χ3n) is 5.05. The van der Waals surface area contributed by atoms with Crippen molar-refractivity contribution in [2.24, 2.45) is 0 Å². The van der Waals surface area contributed by atoms with Gasteiger partial charge in [-0.15, -0.1) is 0 Å². The molecule has 1 aromatic heterocycles. The van der Waals surface area contributed by atoms with Crippen LogP contribution in [0, 0.1) is 0 Å². The molecular formula is C22H37NO2.